The van der Waals surface area contributed by atoms with Gasteiger partial charge in [-0.2, -0.15) is 4.98 Å². The number of hydrogen-bond acceptors (Lipinski definition) is 5. The first kappa shape index (κ1) is 17.7. The first-order chi connectivity index (χ1) is 11.5. The molecule has 0 aliphatic carbocycles. The summed E-state index contributed by atoms with van der Waals surface area (Å²) in [6, 6.07) is 9.43. The SMILES string of the molecule is CCCCN(C)c1nc(C)cc(Nc2ccc(NC(C)=O)cc2)n1. The molecular formula is C18H25N5O. The molecule has 0 saturated carbocycles. The van der Waals surface area contributed by atoms with Gasteiger partial charge in [0.2, 0.25) is 11.9 Å². The van der Waals surface area contributed by atoms with Crippen LogP contribution in [0.2, 0.25) is 0 Å². The standard InChI is InChI=1S/C18H25N5O/c1-5-6-11-23(4)18-19-13(2)12-17(22-18)21-16-9-7-15(8-10-16)20-14(3)24/h7-10,12H,5-6,11H2,1-4H3,(H,20,24)(H,19,21,22). The zero-order valence-electron chi connectivity index (χ0n) is 14.8. The molecule has 2 N–H and O–H groups in total. The molecule has 0 radical (unpaired) electrons. The second-order valence-electron chi connectivity index (χ2n) is 5.85. The van der Waals surface area contributed by atoms with Crippen molar-refractivity contribution in [1.82, 2.24) is 9.97 Å². The van der Waals surface area contributed by atoms with Gasteiger partial charge < -0.3 is 15.5 Å². The van der Waals surface area contributed by atoms with Crippen molar-refractivity contribution in [2.75, 3.05) is 29.1 Å². The van der Waals surface area contributed by atoms with E-state index in [4.69, 9.17) is 0 Å². The number of hydrogen-bond donors (Lipinski definition) is 2. The number of amides is 1. The number of nitrogens with one attached hydrogen (secondary N) is 2. The summed E-state index contributed by atoms with van der Waals surface area (Å²) in [6.45, 7) is 6.56. The first-order valence-corrected chi connectivity index (χ1v) is 8.19. The number of rotatable bonds is 7. The zero-order chi connectivity index (χ0) is 17.5. The smallest absolute Gasteiger partial charge is 0.227 e. The van der Waals surface area contributed by atoms with Crippen molar-refractivity contribution in [1.29, 1.82) is 0 Å². The van der Waals surface area contributed by atoms with Crippen LogP contribution in [-0.4, -0.2) is 29.5 Å². The number of carbonyl (C=O) groups is 1. The van der Waals surface area contributed by atoms with E-state index in [1.165, 1.54) is 6.92 Å². The minimum atomic E-state index is -0.0816. The maximum Gasteiger partial charge on any atom is 0.227 e. The zero-order valence-corrected chi connectivity index (χ0v) is 14.8. The average Bonchev–Trinajstić information content (AvgIpc) is 2.53. The number of aromatic nitrogens is 2. The summed E-state index contributed by atoms with van der Waals surface area (Å²) in [5.41, 5.74) is 2.59. The molecule has 6 heteroatoms. The third kappa shape index (κ3) is 5.22. The predicted octanol–water partition coefficient (Wildman–Crippen LogP) is 3.72. The third-order valence-corrected chi connectivity index (χ3v) is 3.51. The monoisotopic (exact) mass is 327 g/mol. The molecule has 0 spiro atoms. The van der Waals surface area contributed by atoms with Crippen LogP contribution in [0.25, 0.3) is 0 Å². The molecule has 1 aromatic carbocycles. The summed E-state index contributed by atoms with van der Waals surface area (Å²) in [7, 11) is 2.01. The highest BCUT2D eigenvalue weighted by molar-refractivity contribution is 5.88. The second-order valence-corrected chi connectivity index (χ2v) is 5.85. The van der Waals surface area contributed by atoms with E-state index in [-0.39, 0.29) is 5.91 Å². The summed E-state index contributed by atoms with van der Waals surface area (Å²) >= 11 is 0. The lowest BCUT2D eigenvalue weighted by molar-refractivity contribution is -0.114. The fraction of sp³-hybridized carbons (Fsp3) is 0.389. The number of carbonyl (C=O) groups excluding carboxylic acids is 1. The molecule has 1 aromatic heterocycles. The molecule has 6 nitrogen and oxygen atoms in total. The molecule has 0 atom stereocenters. The summed E-state index contributed by atoms with van der Waals surface area (Å²) in [5, 5.41) is 6.04. The third-order valence-electron chi connectivity index (χ3n) is 3.51. The summed E-state index contributed by atoms with van der Waals surface area (Å²) in [5.74, 6) is 1.40. The van der Waals surface area contributed by atoms with Gasteiger partial charge in [-0.15, -0.1) is 0 Å². The van der Waals surface area contributed by atoms with Crippen LogP contribution in [0.3, 0.4) is 0 Å². The van der Waals surface area contributed by atoms with Gasteiger partial charge in [-0.25, -0.2) is 4.98 Å². The molecule has 1 heterocycles. The largest absolute Gasteiger partial charge is 0.344 e. The van der Waals surface area contributed by atoms with Crippen LogP contribution in [-0.2, 0) is 4.79 Å². The van der Waals surface area contributed by atoms with Gasteiger partial charge in [-0.3, -0.25) is 4.79 Å². The molecule has 0 fully saturated rings. The Kier molecular flexibility index (Phi) is 6.12. The average molecular weight is 327 g/mol. The Bertz CT molecular complexity index is 684. The molecule has 128 valence electrons. The van der Waals surface area contributed by atoms with Crippen LogP contribution < -0.4 is 15.5 Å². The summed E-state index contributed by atoms with van der Waals surface area (Å²) in [4.78, 5) is 22.2. The second kappa shape index (κ2) is 8.29. The number of anilines is 4. The van der Waals surface area contributed by atoms with Gasteiger partial charge in [0.1, 0.15) is 5.82 Å². The van der Waals surface area contributed by atoms with Gasteiger partial charge in [0, 0.05) is 43.7 Å². The Morgan fingerprint density at radius 3 is 2.46 bits per heavy atom. The lowest BCUT2D eigenvalue weighted by Crippen LogP contribution is -2.21. The van der Waals surface area contributed by atoms with E-state index in [9.17, 15) is 4.79 Å². The topological polar surface area (TPSA) is 70.2 Å². The van der Waals surface area contributed by atoms with Crippen LogP contribution in [0.1, 0.15) is 32.4 Å². The van der Waals surface area contributed by atoms with Crippen LogP contribution in [0.4, 0.5) is 23.1 Å². The van der Waals surface area contributed by atoms with Crippen LogP contribution in [0.15, 0.2) is 30.3 Å². The van der Waals surface area contributed by atoms with E-state index in [1.807, 2.05) is 44.3 Å². The van der Waals surface area contributed by atoms with Gasteiger partial charge in [0.15, 0.2) is 0 Å². The van der Waals surface area contributed by atoms with Gasteiger partial charge in [-0.05, 0) is 37.6 Å². The fourth-order valence-corrected chi connectivity index (χ4v) is 2.27. The highest BCUT2D eigenvalue weighted by Gasteiger charge is 2.07. The first-order valence-electron chi connectivity index (χ1n) is 8.19. The fourth-order valence-electron chi connectivity index (χ4n) is 2.27. The summed E-state index contributed by atoms with van der Waals surface area (Å²) in [6.07, 6.45) is 2.25. The lowest BCUT2D eigenvalue weighted by atomic mass is 10.2. The molecule has 24 heavy (non-hydrogen) atoms. The highest BCUT2D eigenvalue weighted by Crippen LogP contribution is 2.20. The van der Waals surface area contributed by atoms with Crippen molar-refractivity contribution < 1.29 is 4.79 Å². The molecule has 0 aliphatic heterocycles. The molecule has 0 unspecified atom stereocenters. The van der Waals surface area contributed by atoms with Crippen molar-refractivity contribution in [3.63, 3.8) is 0 Å². The van der Waals surface area contributed by atoms with E-state index < -0.39 is 0 Å². The van der Waals surface area contributed by atoms with Crippen molar-refractivity contribution in [3.05, 3.63) is 36.0 Å². The van der Waals surface area contributed by atoms with Crippen molar-refractivity contribution >= 4 is 29.0 Å². The van der Waals surface area contributed by atoms with Crippen molar-refractivity contribution in [2.24, 2.45) is 0 Å². The minimum Gasteiger partial charge on any atom is -0.344 e. The number of benzene rings is 1. The van der Waals surface area contributed by atoms with Crippen LogP contribution >= 0.6 is 0 Å². The van der Waals surface area contributed by atoms with E-state index in [0.29, 0.717) is 0 Å². The van der Waals surface area contributed by atoms with Crippen LogP contribution in [0.5, 0.6) is 0 Å². The number of unbranched alkanes of at least 4 members (excludes halogenated alkanes) is 1. The molecule has 0 bridgehead atoms. The molecule has 0 saturated heterocycles. The summed E-state index contributed by atoms with van der Waals surface area (Å²) < 4.78 is 0. The van der Waals surface area contributed by atoms with Gasteiger partial charge >= 0.3 is 0 Å². The Morgan fingerprint density at radius 2 is 1.83 bits per heavy atom. The maximum atomic E-state index is 11.1. The van der Waals surface area contributed by atoms with Gasteiger partial charge in [0.05, 0.1) is 0 Å². The quantitative estimate of drug-likeness (QED) is 0.811. The molecule has 2 rings (SSSR count). The van der Waals surface area contributed by atoms with Gasteiger partial charge in [-0.1, -0.05) is 13.3 Å². The Hall–Kier alpha value is -2.63. The minimum absolute atomic E-state index is 0.0816. The van der Waals surface area contributed by atoms with E-state index in [1.54, 1.807) is 0 Å². The highest BCUT2D eigenvalue weighted by atomic mass is 16.1. The molecule has 0 aliphatic rings. The molecule has 1 amide bonds. The van der Waals surface area contributed by atoms with Crippen LogP contribution in [0, 0.1) is 6.92 Å². The normalized spacial score (nSPS) is 10.3. The Morgan fingerprint density at radius 1 is 1.17 bits per heavy atom. The van der Waals surface area contributed by atoms with E-state index in [2.05, 4.69) is 32.4 Å². The van der Waals surface area contributed by atoms with Gasteiger partial charge in [0.25, 0.3) is 0 Å². The van der Waals surface area contributed by atoms with E-state index in [0.717, 1.165) is 48.2 Å². The predicted molar refractivity (Wildman–Crippen MR) is 99.0 cm³/mol. The maximum absolute atomic E-state index is 11.1. The Balaban J connectivity index is 2.11. The Labute approximate surface area is 143 Å². The van der Waals surface area contributed by atoms with E-state index >= 15 is 0 Å². The van der Waals surface area contributed by atoms with Crippen molar-refractivity contribution in [2.45, 2.75) is 33.6 Å². The number of aryl methyl sites for hydroxylation is 1. The lowest BCUT2D eigenvalue weighted by Gasteiger charge is -2.18. The molecular weight excluding hydrogens is 302 g/mol. The number of nitrogens with zero attached hydrogens (tertiary/aromatic N) is 3. The molecule has 2 aromatic rings. The van der Waals surface area contributed by atoms with Crippen molar-refractivity contribution in [3.8, 4) is 0 Å².